The number of rotatable bonds is 7. The predicted molar refractivity (Wildman–Crippen MR) is 157 cm³/mol. The van der Waals surface area contributed by atoms with Crippen molar-refractivity contribution < 1.29 is 19.0 Å². The quantitative estimate of drug-likeness (QED) is 0.390. The maximum Gasteiger partial charge on any atom is 0.327 e. The van der Waals surface area contributed by atoms with Crippen LogP contribution in [0.3, 0.4) is 0 Å². The maximum atomic E-state index is 13.1. The van der Waals surface area contributed by atoms with E-state index in [0.717, 1.165) is 43.3 Å². The van der Waals surface area contributed by atoms with E-state index in [0.29, 0.717) is 35.8 Å². The summed E-state index contributed by atoms with van der Waals surface area (Å²) >= 11 is 12.8. The zero-order valence-corrected chi connectivity index (χ0v) is 24.2. The summed E-state index contributed by atoms with van der Waals surface area (Å²) in [6.07, 6.45) is 1.38. The number of nitrogens with zero attached hydrogens (tertiary/aromatic N) is 5. The lowest BCUT2D eigenvalue weighted by molar-refractivity contribution is 0.172. The number of ether oxygens (including phenoxy) is 3. The van der Waals surface area contributed by atoms with E-state index in [-0.39, 0.29) is 15.7 Å². The summed E-state index contributed by atoms with van der Waals surface area (Å²) in [5, 5.41) is 6.29. The largest absolute Gasteiger partial charge is 0.495 e. The van der Waals surface area contributed by atoms with Gasteiger partial charge in [0.15, 0.2) is 0 Å². The molecule has 1 saturated heterocycles. The molecule has 1 aromatic heterocycles. The van der Waals surface area contributed by atoms with E-state index in [1.807, 2.05) is 12.1 Å². The number of carbonyl (C=O) groups excluding carboxylic acids is 1. The van der Waals surface area contributed by atoms with Crippen molar-refractivity contribution in [2.75, 3.05) is 74.5 Å². The highest BCUT2D eigenvalue weighted by atomic mass is 35.5. The molecule has 0 radical (unpaired) electrons. The zero-order chi connectivity index (χ0) is 28.4. The summed E-state index contributed by atoms with van der Waals surface area (Å²) in [6, 6.07) is 9.07. The van der Waals surface area contributed by atoms with Gasteiger partial charge in [-0.2, -0.15) is 0 Å². The summed E-state index contributed by atoms with van der Waals surface area (Å²) in [5.41, 5.74) is 2.07. The Morgan fingerprint density at radius 3 is 2.58 bits per heavy atom. The number of hydrogen-bond donors (Lipinski definition) is 2. The first-order valence-electron chi connectivity index (χ1n) is 12.8. The number of amides is 2. The van der Waals surface area contributed by atoms with Gasteiger partial charge in [0.1, 0.15) is 51.9 Å². The van der Waals surface area contributed by atoms with Gasteiger partial charge < -0.3 is 29.7 Å². The number of piperazine rings is 1. The van der Waals surface area contributed by atoms with Crippen molar-refractivity contribution in [1.29, 1.82) is 0 Å². The number of anilines is 5. The fourth-order valence-electron chi connectivity index (χ4n) is 4.83. The van der Waals surface area contributed by atoms with Gasteiger partial charge in [-0.25, -0.2) is 14.8 Å². The number of benzene rings is 2. The standard InChI is InChI=1S/C27H31Cl2N7O4/c1-5-35-8-9-36-17(13-35)14-40-19-10-16(6-7-18(19)36)32-22-12-23(31-15-30-22)34(2)27(37)33-26-24(28)20(38-3)11-21(39-4)25(26)29/h6-7,10-12,15,17H,5,8-9,13-14H2,1-4H3,(H,33,37)(H,30,31,32)/t17-/m1/s1. The van der Waals surface area contributed by atoms with Crippen molar-refractivity contribution in [2.24, 2.45) is 0 Å². The Labute approximate surface area is 242 Å². The minimum Gasteiger partial charge on any atom is -0.495 e. The Bertz CT molecular complexity index is 1380. The van der Waals surface area contributed by atoms with E-state index < -0.39 is 6.03 Å². The van der Waals surface area contributed by atoms with Crippen LogP contribution in [0.1, 0.15) is 6.92 Å². The second kappa shape index (κ2) is 11.8. The molecular formula is C27H31Cl2N7O4. The molecule has 2 aromatic carbocycles. The molecule has 0 aliphatic carbocycles. The minimum absolute atomic E-state index is 0.147. The molecule has 2 amide bonds. The van der Waals surface area contributed by atoms with Gasteiger partial charge >= 0.3 is 6.03 Å². The molecule has 1 atom stereocenters. The first-order valence-corrected chi connectivity index (χ1v) is 13.6. The van der Waals surface area contributed by atoms with Crippen LogP contribution in [0.2, 0.25) is 10.0 Å². The van der Waals surface area contributed by atoms with Crippen LogP contribution in [-0.4, -0.2) is 81.0 Å². The number of halogens is 2. The van der Waals surface area contributed by atoms with E-state index in [4.69, 9.17) is 37.4 Å². The van der Waals surface area contributed by atoms with Crippen LogP contribution in [0.5, 0.6) is 17.2 Å². The highest BCUT2D eigenvalue weighted by Gasteiger charge is 2.32. The average Bonchev–Trinajstić information content (AvgIpc) is 2.98. The van der Waals surface area contributed by atoms with Crippen molar-refractivity contribution in [2.45, 2.75) is 13.0 Å². The number of urea groups is 1. The van der Waals surface area contributed by atoms with Gasteiger partial charge in [-0.3, -0.25) is 9.80 Å². The number of methoxy groups -OCH3 is 2. The molecule has 0 bridgehead atoms. The normalized spacial score (nSPS) is 16.4. The van der Waals surface area contributed by atoms with Crippen LogP contribution in [-0.2, 0) is 0 Å². The summed E-state index contributed by atoms with van der Waals surface area (Å²) in [4.78, 5) is 27.9. The second-order valence-electron chi connectivity index (χ2n) is 9.39. The van der Waals surface area contributed by atoms with Crippen molar-refractivity contribution in [3.63, 3.8) is 0 Å². The Balaban J connectivity index is 1.30. The molecule has 3 aromatic rings. The number of fused-ring (bicyclic) bond motifs is 3. The summed E-state index contributed by atoms with van der Waals surface area (Å²) < 4.78 is 16.7. The zero-order valence-electron chi connectivity index (χ0n) is 22.7. The van der Waals surface area contributed by atoms with Crippen LogP contribution in [0.4, 0.5) is 33.5 Å². The molecule has 2 N–H and O–H groups in total. The number of aromatic nitrogens is 2. The summed E-state index contributed by atoms with van der Waals surface area (Å²) in [6.45, 7) is 6.92. The average molecular weight is 588 g/mol. The van der Waals surface area contributed by atoms with Crippen LogP contribution in [0, 0.1) is 0 Å². The molecule has 0 saturated carbocycles. The third-order valence-corrected chi connectivity index (χ3v) is 7.84. The monoisotopic (exact) mass is 587 g/mol. The van der Waals surface area contributed by atoms with E-state index in [2.05, 4.69) is 43.4 Å². The molecule has 212 valence electrons. The van der Waals surface area contributed by atoms with Gasteiger partial charge in [-0.1, -0.05) is 30.1 Å². The molecule has 2 aliphatic rings. The number of likely N-dealkylation sites (N-methyl/N-ethyl adjacent to an activating group) is 1. The molecule has 3 heterocycles. The highest BCUT2D eigenvalue weighted by Crippen LogP contribution is 2.44. The Kier molecular flexibility index (Phi) is 8.24. The molecule has 11 nitrogen and oxygen atoms in total. The fourth-order valence-corrected chi connectivity index (χ4v) is 5.43. The van der Waals surface area contributed by atoms with Gasteiger partial charge in [0.2, 0.25) is 0 Å². The van der Waals surface area contributed by atoms with Crippen LogP contribution in [0.25, 0.3) is 0 Å². The minimum atomic E-state index is -0.524. The van der Waals surface area contributed by atoms with E-state index >= 15 is 0 Å². The van der Waals surface area contributed by atoms with Gasteiger partial charge in [-0.15, -0.1) is 0 Å². The molecule has 2 aliphatic heterocycles. The lowest BCUT2D eigenvalue weighted by Crippen LogP contribution is -2.57. The molecule has 40 heavy (non-hydrogen) atoms. The van der Waals surface area contributed by atoms with Crippen molar-refractivity contribution in [3.05, 3.63) is 46.7 Å². The fraction of sp³-hybridized carbons (Fsp3) is 0.370. The summed E-state index contributed by atoms with van der Waals surface area (Å²) in [5.74, 6) is 2.31. The molecule has 5 rings (SSSR count). The van der Waals surface area contributed by atoms with Gasteiger partial charge in [0.05, 0.1) is 31.6 Å². The first-order chi connectivity index (χ1) is 19.3. The third-order valence-electron chi connectivity index (χ3n) is 7.09. The Morgan fingerprint density at radius 2 is 1.88 bits per heavy atom. The predicted octanol–water partition coefficient (Wildman–Crippen LogP) is 5.12. The molecule has 0 unspecified atom stereocenters. The number of hydrogen-bond acceptors (Lipinski definition) is 9. The van der Waals surface area contributed by atoms with E-state index in [1.165, 1.54) is 25.4 Å². The second-order valence-corrected chi connectivity index (χ2v) is 10.1. The smallest absolute Gasteiger partial charge is 0.327 e. The van der Waals surface area contributed by atoms with E-state index in [9.17, 15) is 4.79 Å². The molecular weight excluding hydrogens is 557 g/mol. The molecule has 0 spiro atoms. The van der Waals surface area contributed by atoms with Crippen molar-refractivity contribution in [3.8, 4) is 17.2 Å². The van der Waals surface area contributed by atoms with Crippen molar-refractivity contribution in [1.82, 2.24) is 14.9 Å². The molecule has 1 fully saturated rings. The Morgan fingerprint density at radius 1 is 1.12 bits per heavy atom. The van der Waals surface area contributed by atoms with Crippen LogP contribution < -0.4 is 34.6 Å². The lowest BCUT2D eigenvalue weighted by atomic mass is 10.1. The van der Waals surface area contributed by atoms with Crippen LogP contribution >= 0.6 is 23.2 Å². The van der Waals surface area contributed by atoms with E-state index in [1.54, 1.807) is 19.2 Å². The Hall–Kier alpha value is -3.67. The maximum absolute atomic E-state index is 13.1. The number of carbonyl (C=O) groups is 1. The topological polar surface area (TPSA) is 104 Å². The van der Waals surface area contributed by atoms with Gasteiger partial charge in [-0.05, 0) is 18.7 Å². The first kappa shape index (κ1) is 27.9. The summed E-state index contributed by atoms with van der Waals surface area (Å²) in [7, 11) is 4.49. The van der Waals surface area contributed by atoms with Crippen molar-refractivity contribution >= 4 is 57.9 Å². The lowest BCUT2D eigenvalue weighted by Gasteiger charge is -2.45. The SMILES string of the molecule is CCN1CCN2c3ccc(Nc4cc(N(C)C(=O)Nc5c(Cl)c(OC)cc(OC)c5Cl)ncn4)cc3OC[C@H]2C1. The van der Waals surface area contributed by atoms with Gasteiger partial charge in [0, 0.05) is 50.6 Å². The van der Waals surface area contributed by atoms with Crippen LogP contribution in [0.15, 0.2) is 36.7 Å². The highest BCUT2D eigenvalue weighted by molar-refractivity contribution is 6.41. The van der Waals surface area contributed by atoms with Gasteiger partial charge in [0.25, 0.3) is 0 Å². The third kappa shape index (κ3) is 5.49. The molecule has 13 heteroatoms. The number of nitrogens with one attached hydrogen (secondary N) is 2.